The van der Waals surface area contributed by atoms with Crippen LogP contribution in [0.3, 0.4) is 0 Å². The first-order chi connectivity index (χ1) is 22.0. The largest absolute Gasteiger partial charge is 0.394 e. The van der Waals surface area contributed by atoms with Crippen LogP contribution in [0, 0.1) is 0 Å². The second kappa shape index (κ2) is 16.7. The van der Waals surface area contributed by atoms with E-state index in [1.807, 2.05) is 91.0 Å². The van der Waals surface area contributed by atoms with Gasteiger partial charge >= 0.3 is 0 Å². The van der Waals surface area contributed by atoms with E-state index in [2.05, 4.69) is 0 Å². The van der Waals surface area contributed by atoms with Crippen molar-refractivity contribution in [2.45, 2.75) is 81.2 Å². The molecule has 0 radical (unpaired) electrons. The maximum Gasteiger partial charge on any atom is 0.186 e. The third kappa shape index (κ3) is 8.73. The monoisotopic (exact) mass is 625 g/mol. The number of hydrogen-bond donors (Lipinski definition) is 4. The van der Waals surface area contributed by atoms with Crippen molar-refractivity contribution >= 4 is 0 Å². The van der Waals surface area contributed by atoms with Gasteiger partial charge < -0.3 is 54.2 Å². The molecule has 2 aliphatic heterocycles. The summed E-state index contributed by atoms with van der Waals surface area (Å²) in [5.41, 5.74) is 9.04. The molecule has 2 fully saturated rings. The minimum Gasteiger partial charge on any atom is -0.394 e. The molecule has 0 unspecified atom stereocenters. The molecule has 0 saturated carbocycles. The maximum atomic E-state index is 10.4. The Hall–Kier alpha value is -2.78. The van der Waals surface area contributed by atoms with Crippen LogP contribution in [0.4, 0.5) is 0 Å². The van der Waals surface area contributed by atoms with Crippen molar-refractivity contribution in [1.29, 1.82) is 0 Å². The molecule has 0 bridgehead atoms. The van der Waals surface area contributed by atoms with Crippen LogP contribution < -0.4 is 5.73 Å². The maximum absolute atomic E-state index is 10.4. The smallest absolute Gasteiger partial charge is 0.186 e. The molecule has 2 saturated heterocycles. The molecular formula is C34H43NO10. The average Bonchev–Trinajstić information content (AvgIpc) is 3.09. The highest BCUT2D eigenvalue weighted by Gasteiger charge is 2.50. The van der Waals surface area contributed by atoms with Crippen LogP contribution in [0.25, 0.3) is 0 Å². The van der Waals surface area contributed by atoms with Gasteiger partial charge in [0, 0.05) is 7.11 Å². The van der Waals surface area contributed by atoms with Gasteiger partial charge in [0.25, 0.3) is 0 Å². The number of ether oxygens (including phenoxy) is 7. The van der Waals surface area contributed by atoms with Crippen LogP contribution in [0.2, 0.25) is 0 Å². The number of benzene rings is 3. The molecule has 244 valence electrons. The molecule has 10 atom stereocenters. The molecule has 0 amide bonds. The summed E-state index contributed by atoms with van der Waals surface area (Å²) in [5, 5.41) is 30.3. The van der Waals surface area contributed by atoms with E-state index in [4.69, 9.17) is 38.9 Å². The Morgan fingerprint density at radius 1 is 0.600 bits per heavy atom. The topological polar surface area (TPSA) is 151 Å². The van der Waals surface area contributed by atoms with E-state index in [9.17, 15) is 15.3 Å². The molecule has 5 N–H and O–H groups in total. The number of aliphatic hydroxyl groups is 3. The SMILES string of the molecule is CO[C@H]1O[C@H](CO[C@@H]2O[C@H](CO)[C@@H](O)[C@H](O)[C@H]2N)[C@@H](OCc2ccccc2)[C@H](OCc2ccccc2)[C@H]1OCc1ccccc1. The van der Waals surface area contributed by atoms with Gasteiger partial charge in [0.1, 0.15) is 42.7 Å². The summed E-state index contributed by atoms with van der Waals surface area (Å²) >= 11 is 0. The standard InChI is InChI=1S/C34H43NO10/c1-39-34-32(42-20-24-15-9-4-10-16-24)31(41-19-23-13-7-3-8-14-23)30(40-18-22-11-5-2-6-12-22)26(45-34)21-43-33-27(35)29(38)28(37)25(17-36)44-33/h2-16,25-34,36-38H,17-21,35H2,1H3/t25-,26-,27-,28-,29-,30-,31+,32-,33-,34+/m1/s1. The van der Waals surface area contributed by atoms with E-state index in [-0.39, 0.29) is 19.8 Å². The number of rotatable bonds is 14. The van der Waals surface area contributed by atoms with Gasteiger partial charge in [0.05, 0.1) is 39.1 Å². The lowest BCUT2D eigenvalue weighted by Crippen LogP contribution is -2.64. The van der Waals surface area contributed by atoms with E-state index >= 15 is 0 Å². The van der Waals surface area contributed by atoms with Crippen LogP contribution in [0.15, 0.2) is 91.0 Å². The Morgan fingerprint density at radius 3 is 1.56 bits per heavy atom. The summed E-state index contributed by atoms with van der Waals surface area (Å²) in [6, 6.07) is 28.3. The quantitative estimate of drug-likeness (QED) is 0.208. The van der Waals surface area contributed by atoms with Gasteiger partial charge in [-0.3, -0.25) is 0 Å². The highest BCUT2D eigenvalue weighted by atomic mass is 16.7. The Balaban J connectivity index is 1.40. The van der Waals surface area contributed by atoms with Gasteiger partial charge in [-0.2, -0.15) is 0 Å². The third-order valence-corrected chi connectivity index (χ3v) is 8.03. The molecule has 11 heteroatoms. The van der Waals surface area contributed by atoms with Gasteiger partial charge in [-0.15, -0.1) is 0 Å². The van der Waals surface area contributed by atoms with Crippen molar-refractivity contribution in [1.82, 2.24) is 0 Å². The number of methoxy groups -OCH3 is 1. The molecule has 2 heterocycles. The van der Waals surface area contributed by atoms with Crippen molar-refractivity contribution < 1.29 is 48.5 Å². The lowest BCUT2D eigenvalue weighted by molar-refractivity contribution is -0.334. The van der Waals surface area contributed by atoms with Gasteiger partial charge in [-0.05, 0) is 16.7 Å². The van der Waals surface area contributed by atoms with Crippen LogP contribution in [0.5, 0.6) is 0 Å². The van der Waals surface area contributed by atoms with E-state index in [1.54, 1.807) is 0 Å². The minimum absolute atomic E-state index is 0.0880. The van der Waals surface area contributed by atoms with Crippen LogP contribution in [-0.4, -0.2) is 97.0 Å². The fourth-order valence-electron chi connectivity index (χ4n) is 5.51. The van der Waals surface area contributed by atoms with Gasteiger partial charge in [-0.1, -0.05) is 91.0 Å². The van der Waals surface area contributed by atoms with Crippen LogP contribution in [-0.2, 0) is 53.0 Å². The zero-order chi connectivity index (χ0) is 31.6. The molecule has 3 aromatic rings. The summed E-state index contributed by atoms with van der Waals surface area (Å²) < 4.78 is 43.5. The van der Waals surface area contributed by atoms with Crippen molar-refractivity contribution in [2.75, 3.05) is 20.3 Å². The number of aliphatic hydroxyl groups excluding tert-OH is 3. The fraction of sp³-hybridized carbons (Fsp3) is 0.471. The van der Waals surface area contributed by atoms with E-state index in [0.717, 1.165) is 16.7 Å². The molecule has 2 aliphatic rings. The summed E-state index contributed by atoms with van der Waals surface area (Å²) in [6.45, 7) is 0.228. The first kappa shape index (κ1) is 33.6. The van der Waals surface area contributed by atoms with Crippen molar-refractivity contribution in [3.05, 3.63) is 108 Å². The highest BCUT2D eigenvalue weighted by Crippen LogP contribution is 2.32. The fourth-order valence-corrected chi connectivity index (χ4v) is 5.51. The molecule has 11 nitrogen and oxygen atoms in total. The summed E-state index contributed by atoms with van der Waals surface area (Å²) in [6.07, 6.45) is -8.55. The lowest BCUT2D eigenvalue weighted by Gasteiger charge is -2.46. The van der Waals surface area contributed by atoms with E-state index in [1.165, 1.54) is 7.11 Å². The van der Waals surface area contributed by atoms with Gasteiger partial charge in [0.15, 0.2) is 12.6 Å². The van der Waals surface area contributed by atoms with Crippen LogP contribution in [0.1, 0.15) is 16.7 Å². The normalized spacial score (nSPS) is 31.9. The third-order valence-electron chi connectivity index (χ3n) is 8.03. The summed E-state index contributed by atoms with van der Waals surface area (Å²) in [5.74, 6) is 0. The molecule has 0 aliphatic carbocycles. The Morgan fingerprint density at radius 2 is 1.07 bits per heavy atom. The highest BCUT2D eigenvalue weighted by molar-refractivity contribution is 5.15. The van der Waals surface area contributed by atoms with Crippen molar-refractivity contribution in [3.63, 3.8) is 0 Å². The van der Waals surface area contributed by atoms with E-state index in [0.29, 0.717) is 6.61 Å². The first-order valence-corrected chi connectivity index (χ1v) is 15.1. The minimum atomic E-state index is -1.36. The first-order valence-electron chi connectivity index (χ1n) is 15.1. The Bertz CT molecular complexity index is 1250. The molecule has 45 heavy (non-hydrogen) atoms. The molecule has 0 aromatic heterocycles. The second-order valence-electron chi connectivity index (χ2n) is 11.2. The number of nitrogens with two attached hydrogens (primary N) is 1. The van der Waals surface area contributed by atoms with Crippen molar-refractivity contribution in [3.8, 4) is 0 Å². The zero-order valence-electron chi connectivity index (χ0n) is 25.2. The van der Waals surface area contributed by atoms with Crippen LogP contribution >= 0.6 is 0 Å². The Kier molecular flexibility index (Phi) is 12.4. The average molecular weight is 626 g/mol. The summed E-state index contributed by atoms with van der Waals surface area (Å²) in [7, 11) is 1.53. The zero-order valence-corrected chi connectivity index (χ0v) is 25.2. The summed E-state index contributed by atoms with van der Waals surface area (Å²) in [4.78, 5) is 0. The van der Waals surface area contributed by atoms with Gasteiger partial charge in [0.2, 0.25) is 0 Å². The predicted molar refractivity (Wildman–Crippen MR) is 162 cm³/mol. The van der Waals surface area contributed by atoms with E-state index < -0.39 is 68.0 Å². The molecule has 3 aromatic carbocycles. The second-order valence-corrected chi connectivity index (χ2v) is 11.2. The molecule has 5 rings (SSSR count). The Labute approximate surface area is 263 Å². The molecular weight excluding hydrogens is 582 g/mol. The lowest BCUT2D eigenvalue weighted by atomic mass is 9.97. The predicted octanol–water partition coefficient (Wildman–Crippen LogP) is 1.90. The van der Waals surface area contributed by atoms with Gasteiger partial charge in [-0.25, -0.2) is 0 Å². The molecule has 0 spiro atoms. The van der Waals surface area contributed by atoms with Crippen molar-refractivity contribution in [2.24, 2.45) is 5.73 Å². The number of hydrogen-bond acceptors (Lipinski definition) is 11.